The predicted molar refractivity (Wildman–Crippen MR) is 89.6 cm³/mol. The normalized spacial score (nSPS) is 18.3. The predicted octanol–water partition coefficient (Wildman–Crippen LogP) is 3.01. The first-order chi connectivity index (χ1) is 11.3. The molecule has 1 aliphatic heterocycles. The lowest BCUT2D eigenvalue weighted by atomic mass is 10.1. The molecule has 6 nitrogen and oxygen atoms in total. The van der Waals surface area contributed by atoms with Crippen LogP contribution in [0.5, 0.6) is 0 Å². The van der Waals surface area contributed by atoms with Gasteiger partial charge in [-0.05, 0) is 44.0 Å². The topological polar surface area (TPSA) is 67.1 Å². The van der Waals surface area contributed by atoms with E-state index in [1.54, 1.807) is 0 Å². The number of benzene rings is 1. The van der Waals surface area contributed by atoms with E-state index in [2.05, 4.69) is 25.4 Å². The molecule has 0 bridgehead atoms. The molecular formula is C17H19N5O. The van der Waals surface area contributed by atoms with E-state index in [4.69, 9.17) is 4.42 Å². The average Bonchev–Trinajstić information content (AvgIpc) is 2.98. The second-order valence-electron chi connectivity index (χ2n) is 5.95. The van der Waals surface area contributed by atoms with E-state index < -0.39 is 0 Å². The van der Waals surface area contributed by atoms with Crippen LogP contribution in [0.15, 0.2) is 40.8 Å². The molecule has 3 aromatic rings. The maximum atomic E-state index is 5.76. The van der Waals surface area contributed by atoms with Crippen LogP contribution in [0, 0.1) is 6.92 Å². The molecule has 1 fully saturated rings. The summed E-state index contributed by atoms with van der Waals surface area (Å²) in [6.45, 7) is 3.82. The molecule has 1 atom stereocenters. The van der Waals surface area contributed by atoms with Crippen LogP contribution < -0.4 is 10.2 Å². The molecule has 0 amide bonds. The summed E-state index contributed by atoms with van der Waals surface area (Å²) in [7, 11) is 0. The van der Waals surface area contributed by atoms with Crippen molar-refractivity contribution in [3.05, 3.63) is 42.1 Å². The summed E-state index contributed by atoms with van der Waals surface area (Å²) >= 11 is 0. The molecular weight excluding hydrogens is 290 g/mol. The van der Waals surface area contributed by atoms with Crippen molar-refractivity contribution >= 4 is 22.9 Å². The lowest BCUT2D eigenvalue weighted by molar-refractivity contribution is 0.505. The van der Waals surface area contributed by atoms with Crippen molar-refractivity contribution in [2.24, 2.45) is 0 Å². The van der Waals surface area contributed by atoms with Gasteiger partial charge in [-0.2, -0.15) is 10.1 Å². The number of para-hydroxylation sites is 2. The SMILES string of the molecule is Cc1ccc(N2CCC[C@@H](Nc3nc4ccccc4o3)C2)nn1. The lowest BCUT2D eigenvalue weighted by Gasteiger charge is -2.33. The fourth-order valence-electron chi connectivity index (χ4n) is 2.97. The molecule has 0 saturated carbocycles. The summed E-state index contributed by atoms with van der Waals surface area (Å²) in [6, 6.07) is 12.7. The Labute approximate surface area is 134 Å². The summed E-state index contributed by atoms with van der Waals surface area (Å²) in [6.07, 6.45) is 2.20. The summed E-state index contributed by atoms with van der Waals surface area (Å²) in [4.78, 5) is 6.75. The van der Waals surface area contributed by atoms with Crippen LogP contribution in [0.3, 0.4) is 0 Å². The van der Waals surface area contributed by atoms with Gasteiger partial charge in [0, 0.05) is 19.1 Å². The number of rotatable bonds is 3. The molecule has 0 aliphatic carbocycles. The minimum Gasteiger partial charge on any atom is -0.424 e. The average molecular weight is 309 g/mol. The third kappa shape index (κ3) is 2.97. The first kappa shape index (κ1) is 14.0. The molecule has 0 unspecified atom stereocenters. The number of nitrogens with one attached hydrogen (secondary N) is 1. The first-order valence-electron chi connectivity index (χ1n) is 7.95. The maximum Gasteiger partial charge on any atom is 0.295 e. The van der Waals surface area contributed by atoms with Crippen LogP contribution in [0.4, 0.5) is 11.8 Å². The van der Waals surface area contributed by atoms with Gasteiger partial charge in [0.1, 0.15) is 5.52 Å². The Morgan fingerprint density at radius 3 is 2.91 bits per heavy atom. The van der Waals surface area contributed by atoms with E-state index in [-0.39, 0.29) is 0 Å². The fraction of sp³-hybridized carbons (Fsp3) is 0.353. The molecule has 1 saturated heterocycles. The smallest absolute Gasteiger partial charge is 0.295 e. The highest BCUT2D eigenvalue weighted by atomic mass is 16.4. The number of fused-ring (bicyclic) bond motifs is 1. The highest BCUT2D eigenvalue weighted by molar-refractivity contribution is 5.74. The third-order valence-corrected chi connectivity index (χ3v) is 4.15. The Bertz CT molecular complexity index is 765. The molecule has 4 rings (SSSR count). The molecule has 3 heterocycles. The van der Waals surface area contributed by atoms with E-state index in [0.29, 0.717) is 12.1 Å². The zero-order chi connectivity index (χ0) is 15.6. The van der Waals surface area contributed by atoms with Gasteiger partial charge in [0.2, 0.25) is 0 Å². The number of aryl methyl sites for hydroxylation is 1. The van der Waals surface area contributed by atoms with Crippen LogP contribution >= 0.6 is 0 Å². The summed E-state index contributed by atoms with van der Waals surface area (Å²) < 4.78 is 5.76. The van der Waals surface area contributed by atoms with Gasteiger partial charge < -0.3 is 14.6 Å². The molecule has 6 heteroatoms. The van der Waals surface area contributed by atoms with Gasteiger partial charge in [0.05, 0.1) is 5.69 Å². The van der Waals surface area contributed by atoms with Crippen LogP contribution in [-0.2, 0) is 0 Å². The van der Waals surface area contributed by atoms with Crippen molar-refractivity contribution in [2.45, 2.75) is 25.8 Å². The molecule has 1 aliphatic rings. The van der Waals surface area contributed by atoms with Crippen LogP contribution in [0.25, 0.3) is 11.1 Å². The Kier molecular flexibility index (Phi) is 3.57. The van der Waals surface area contributed by atoms with E-state index in [0.717, 1.165) is 48.5 Å². The second kappa shape index (κ2) is 5.87. The van der Waals surface area contributed by atoms with Crippen LogP contribution in [0.1, 0.15) is 18.5 Å². The number of nitrogens with zero attached hydrogens (tertiary/aromatic N) is 4. The van der Waals surface area contributed by atoms with Crippen LogP contribution in [0.2, 0.25) is 0 Å². The van der Waals surface area contributed by atoms with Gasteiger partial charge in [0.15, 0.2) is 11.4 Å². The largest absolute Gasteiger partial charge is 0.424 e. The molecule has 118 valence electrons. The van der Waals surface area contributed by atoms with Crippen molar-refractivity contribution in [1.29, 1.82) is 0 Å². The zero-order valence-electron chi connectivity index (χ0n) is 13.1. The standard InChI is InChI=1S/C17H19N5O/c1-12-8-9-16(21-20-12)22-10-4-5-13(11-22)18-17-19-14-6-2-3-7-15(14)23-17/h2-3,6-9,13H,4-5,10-11H2,1H3,(H,18,19)/t13-/m1/s1. The van der Waals surface area contributed by atoms with E-state index in [1.807, 2.05) is 43.3 Å². The monoisotopic (exact) mass is 309 g/mol. The van der Waals surface area contributed by atoms with Gasteiger partial charge in [-0.3, -0.25) is 0 Å². The quantitative estimate of drug-likeness (QED) is 0.802. The molecule has 2 aromatic heterocycles. The van der Waals surface area contributed by atoms with Gasteiger partial charge in [0.25, 0.3) is 6.01 Å². The highest BCUT2D eigenvalue weighted by Gasteiger charge is 2.22. The van der Waals surface area contributed by atoms with Crippen molar-refractivity contribution in [1.82, 2.24) is 15.2 Å². The molecule has 23 heavy (non-hydrogen) atoms. The fourth-order valence-corrected chi connectivity index (χ4v) is 2.97. The Balaban J connectivity index is 1.47. The lowest BCUT2D eigenvalue weighted by Crippen LogP contribution is -2.42. The third-order valence-electron chi connectivity index (χ3n) is 4.15. The van der Waals surface area contributed by atoms with Gasteiger partial charge in [-0.25, -0.2) is 0 Å². The number of piperidine rings is 1. The molecule has 1 aromatic carbocycles. The van der Waals surface area contributed by atoms with Crippen LogP contribution in [-0.4, -0.2) is 34.3 Å². The Hall–Kier alpha value is -2.63. The minimum atomic E-state index is 0.292. The van der Waals surface area contributed by atoms with Gasteiger partial charge in [-0.15, -0.1) is 5.10 Å². The number of aromatic nitrogens is 3. The van der Waals surface area contributed by atoms with Crippen molar-refractivity contribution < 1.29 is 4.42 Å². The number of oxazole rings is 1. The van der Waals surface area contributed by atoms with E-state index in [1.165, 1.54) is 0 Å². The van der Waals surface area contributed by atoms with Crippen molar-refractivity contribution in [3.8, 4) is 0 Å². The highest BCUT2D eigenvalue weighted by Crippen LogP contribution is 2.22. The number of anilines is 2. The molecule has 1 N–H and O–H groups in total. The zero-order valence-corrected chi connectivity index (χ0v) is 13.1. The summed E-state index contributed by atoms with van der Waals surface area (Å²) in [5, 5.41) is 11.9. The van der Waals surface area contributed by atoms with E-state index >= 15 is 0 Å². The molecule has 0 spiro atoms. The summed E-state index contributed by atoms with van der Waals surface area (Å²) in [5.74, 6) is 0.930. The first-order valence-corrected chi connectivity index (χ1v) is 7.95. The molecule has 0 radical (unpaired) electrons. The Morgan fingerprint density at radius 1 is 1.17 bits per heavy atom. The van der Waals surface area contributed by atoms with E-state index in [9.17, 15) is 0 Å². The number of hydrogen-bond donors (Lipinski definition) is 1. The maximum absolute atomic E-state index is 5.76. The minimum absolute atomic E-state index is 0.292. The van der Waals surface area contributed by atoms with Crippen molar-refractivity contribution in [3.63, 3.8) is 0 Å². The van der Waals surface area contributed by atoms with Gasteiger partial charge >= 0.3 is 0 Å². The van der Waals surface area contributed by atoms with Crippen molar-refractivity contribution in [2.75, 3.05) is 23.3 Å². The Morgan fingerprint density at radius 2 is 2.09 bits per heavy atom. The van der Waals surface area contributed by atoms with Gasteiger partial charge in [-0.1, -0.05) is 12.1 Å². The summed E-state index contributed by atoms with van der Waals surface area (Å²) in [5.41, 5.74) is 2.63. The second-order valence-corrected chi connectivity index (χ2v) is 5.95. The number of hydrogen-bond acceptors (Lipinski definition) is 6.